The average Bonchev–Trinajstić information content (AvgIpc) is 3.14. The predicted octanol–water partition coefficient (Wildman–Crippen LogP) is 1.31. The number of hydrogen-bond acceptors (Lipinski definition) is 6. The summed E-state index contributed by atoms with van der Waals surface area (Å²) in [4.78, 5) is 10.8. The molecule has 1 aliphatic heterocycles. The monoisotopic (exact) mass is 305 g/mol. The molecular formula is C13H19N7O2. The lowest BCUT2D eigenvalue weighted by atomic mass is 10.3. The van der Waals surface area contributed by atoms with Crippen molar-refractivity contribution >= 4 is 11.5 Å². The third kappa shape index (κ3) is 2.42. The molecule has 3 rings (SSSR count). The van der Waals surface area contributed by atoms with Gasteiger partial charge in [-0.15, -0.1) is 10.2 Å². The maximum atomic E-state index is 11.2. The van der Waals surface area contributed by atoms with Gasteiger partial charge in [0.2, 0.25) is 5.82 Å². The molecule has 118 valence electrons. The van der Waals surface area contributed by atoms with E-state index in [9.17, 15) is 10.1 Å². The van der Waals surface area contributed by atoms with Crippen molar-refractivity contribution in [1.29, 1.82) is 0 Å². The topological polar surface area (TPSA) is 104 Å². The van der Waals surface area contributed by atoms with Gasteiger partial charge in [-0.3, -0.25) is 10.1 Å². The van der Waals surface area contributed by atoms with Gasteiger partial charge >= 0.3 is 5.69 Å². The molecule has 2 aromatic heterocycles. The third-order valence-electron chi connectivity index (χ3n) is 3.91. The number of nitro groups is 1. The van der Waals surface area contributed by atoms with Crippen molar-refractivity contribution in [2.24, 2.45) is 0 Å². The highest BCUT2D eigenvalue weighted by molar-refractivity contribution is 5.59. The Morgan fingerprint density at radius 1 is 1.41 bits per heavy atom. The number of nitrogens with zero attached hydrogens (tertiary/aromatic N) is 6. The molecule has 22 heavy (non-hydrogen) atoms. The van der Waals surface area contributed by atoms with Crippen LogP contribution in [0.2, 0.25) is 0 Å². The van der Waals surface area contributed by atoms with E-state index in [2.05, 4.69) is 25.2 Å². The summed E-state index contributed by atoms with van der Waals surface area (Å²) in [7, 11) is 0. The van der Waals surface area contributed by atoms with Crippen LogP contribution in [0.15, 0.2) is 0 Å². The summed E-state index contributed by atoms with van der Waals surface area (Å²) in [5, 5.41) is 26.9. The molecule has 0 spiro atoms. The second-order valence-electron chi connectivity index (χ2n) is 5.32. The minimum atomic E-state index is -0.383. The molecule has 2 aromatic rings. The Balaban J connectivity index is 1.72. The number of nitrogens with one attached hydrogen (secondary N) is 1. The second kappa shape index (κ2) is 5.74. The molecule has 0 aromatic carbocycles. The summed E-state index contributed by atoms with van der Waals surface area (Å²) >= 11 is 0. The van der Waals surface area contributed by atoms with Crippen molar-refractivity contribution in [3.63, 3.8) is 0 Å². The normalized spacial score (nSPS) is 13.4. The molecule has 0 fully saturated rings. The fraction of sp³-hybridized carbons (Fsp3) is 0.615. The SMILES string of the molecule is CCn1nc(C)c([N+](=O)[O-])c1NCCc1nnc2n1CCC2. The van der Waals surface area contributed by atoms with Gasteiger partial charge in [-0.05, 0) is 20.3 Å². The molecule has 1 N–H and O–H groups in total. The van der Waals surface area contributed by atoms with Gasteiger partial charge in [-0.1, -0.05) is 0 Å². The molecular weight excluding hydrogens is 286 g/mol. The van der Waals surface area contributed by atoms with Crippen LogP contribution in [0.3, 0.4) is 0 Å². The Bertz CT molecular complexity index is 704. The lowest BCUT2D eigenvalue weighted by Gasteiger charge is -2.08. The highest BCUT2D eigenvalue weighted by atomic mass is 16.6. The van der Waals surface area contributed by atoms with Gasteiger partial charge in [0.15, 0.2) is 0 Å². The summed E-state index contributed by atoms with van der Waals surface area (Å²) in [6, 6.07) is 0. The molecule has 0 saturated heterocycles. The van der Waals surface area contributed by atoms with E-state index in [1.165, 1.54) is 0 Å². The lowest BCUT2D eigenvalue weighted by molar-refractivity contribution is -0.384. The number of aromatic nitrogens is 5. The van der Waals surface area contributed by atoms with Crippen LogP contribution in [-0.2, 0) is 25.9 Å². The van der Waals surface area contributed by atoms with Gasteiger partial charge in [-0.2, -0.15) is 5.10 Å². The number of aryl methyl sites for hydroxylation is 3. The van der Waals surface area contributed by atoms with Gasteiger partial charge in [-0.25, -0.2) is 4.68 Å². The Morgan fingerprint density at radius 3 is 2.95 bits per heavy atom. The Hall–Kier alpha value is -2.45. The molecule has 0 radical (unpaired) electrons. The number of anilines is 1. The van der Waals surface area contributed by atoms with E-state index in [1.807, 2.05) is 6.92 Å². The van der Waals surface area contributed by atoms with E-state index in [0.717, 1.165) is 31.0 Å². The maximum absolute atomic E-state index is 11.2. The zero-order chi connectivity index (χ0) is 15.7. The van der Waals surface area contributed by atoms with Gasteiger partial charge in [0.05, 0.1) is 4.92 Å². The van der Waals surface area contributed by atoms with Crippen LogP contribution in [0.5, 0.6) is 0 Å². The molecule has 0 unspecified atom stereocenters. The number of fused-ring (bicyclic) bond motifs is 1. The Labute approximate surface area is 127 Å². The first-order valence-corrected chi connectivity index (χ1v) is 7.48. The smallest absolute Gasteiger partial charge is 0.333 e. The predicted molar refractivity (Wildman–Crippen MR) is 79.8 cm³/mol. The van der Waals surface area contributed by atoms with Gasteiger partial charge in [0.25, 0.3) is 0 Å². The molecule has 0 aliphatic carbocycles. The molecule has 1 aliphatic rings. The fourth-order valence-corrected chi connectivity index (χ4v) is 2.88. The maximum Gasteiger partial charge on any atom is 0.333 e. The zero-order valence-corrected chi connectivity index (χ0v) is 12.7. The van der Waals surface area contributed by atoms with Crippen LogP contribution in [-0.4, -0.2) is 36.0 Å². The summed E-state index contributed by atoms with van der Waals surface area (Å²) in [5.74, 6) is 2.43. The fourth-order valence-electron chi connectivity index (χ4n) is 2.88. The van der Waals surface area contributed by atoms with Crippen LogP contribution < -0.4 is 5.32 Å². The quantitative estimate of drug-likeness (QED) is 0.637. The van der Waals surface area contributed by atoms with E-state index in [0.29, 0.717) is 31.0 Å². The highest BCUT2D eigenvalue weighted by Gasteiger charge is 2.24. The van der Waals surface area contributed by atoms with Gasteiger partial charge in [0, 0.05) is 32.5 Å². The molecule has 9 heteroatoms. The van der Waals surface area contributed by atoms with Gasteiger partial charge in [0.1, 0.15) is 17.3 Å². The first-order chi connectivity index (χ1) is 10.6. The van der Waals surface area contributed by atoms with Crippen LogP contribution in [0.25, 0.3) is 0 Å². The summed E-state index contributed by atoms with van der Waals surface area (Å²) < 4.78 is 3.76. The first kappa shape index (κ1) is 14.5. The van der Waals surface area contributed by atoms with Crippen molar-refractivity contribution in [2.75, 3.05) is 11.9 Å². The van der Waals surface area contributed by atoms with E-state index < -0.39 is 0 Å². The summed E-state index contributed by atoms with van der Waals surface area (Å²) in [5.41, 5.74) is 0.478. The summed E-state index contributed by atoms with van der Waals surface area (Å²) in [6.07, 6.45) is 2.77. The number of rotatable bonds is 6. The molecule has 0 saturated carbocycles. The lowest BCUT2D eigenvalue weighted by Crippen LogP contribution is -2.13. The van der Waals surface area contributed by atoms with Crippen molar-refractivity contribution in [3.05, 3.63) is 27.5 Å². The summed E-state index contributed by atoms with van der Waals surface area (Å²) in [6.45, 7) is 5.67. The highest BCUT2D eigenvalue weighted by Crippen LogP contribution is 2.28. The first-order valence-electron chi connectivity index (χ1n) is 7.48. The molecule has 0 amide bonds. The molecule has 0 bridgehead atoms. The zero-order valence-electron chi connectivity index (χ0n) is 12.7. The van der Waals surface area contributed by atoms with Crippen LogP contribution in [0.1, 0.15) is 30.7 Å². The van der Waals surface area contributed by atoms with E-state index in [-0.39, 0.29) is 10.6 Å². The van der Waals surface area contributed by atoms with Crippen LogP contribution in [0.4, 0.5) is 11.5 Å². The second-order valence-corrected chi connectivity index (χ2v) is 5.32. The van der Waals surface area contributed by atoms with Crippen molar-refractivity contribution in [1.82, 2.24) is 24.5 Å². The van der Waals surface area contributed by atoms with Crippen molar-refractivity contribution < 1.29 is 4.92 Å². The van der Waals surface area contributed by atoms with E-state index in [4.69, 9.17) is 0 Å². The Morgan fingerprint density at radius 2 is 2.23 bits per heavy atom. The molecule has 0 atom stereocenters. The minimum Gasteiger partial charge on any atom is -0.364 e. The Kier molecular flexibility index (Phi) is 3.78. The van der Waals surface area contributed by atoms with Crippen LogP contribution >= 0.6 is 0 Å². The molecule has 9 nitrogen and oxygen atoms in total. The average molecular weight is 305 g/mol. The molecule has 3 heterocycles. The minimum absolute atomic E-state index is 0.0494. The van der Waals surface area contributed by atoms with E-state index >= 15 is 0 Å². The van der Waals surface area contributed by atoms with Gasteiger partial charge < -0.3 is 9.88 Å². The van der Waals surface area contributed by atoms with Crippen molar-refractivity contribution in [2.45, 2.75) is 46.2 Å². The van der Waals surface area contributed by atoms with Crippen molar-refractivity contribution in [3.8, 4) is 0 Å². The number of hydrogen-bond donors (Lipinski definition) is 1. The third-order valence-corrected chi connectivity index (χ3v) is 3.91. The largest absolute Gasteiger partial charge is 0.364 e. The standard InChI is InChI=1S/C13H19N7O2/c1-3-19-13(12(20(21)22)9(2)17-19)14-7-6-11-16-15-10-5-4-8-18(10)11/h14H,3-8H2,1-2H3. The van der Waals surface area contributed by atoms with Crippen LogP contribution in [0, 0.1) is 17.0 Å². The van der Waals surface area contributed by atoms with E-state index in [1.54, 1.807) is 11.6 Å².